The third kappa shape index (κ3) is 2.35. The van der Waals surface area contributed by atoms with Crippen molar-refractivity contribution in [2.45, 2.75) is 33.2 Å². The lowest BCUT2D eigenvalue weighted by Crippen LogP contribution is -2.42. The molecule has 0 saturated carbocycles. The maximum absolute atomic E-state index is 11.0. The standard InChI is InChI=1S/C11H16N2O/c1-7-4-8(2)11(13-9(3)14)10(5-7)6-12/h4,7,10-11H,5H2,1-3H3,(H,13,14)/t7-,10+,11+/m1/s1. The molecule has 1 N–H and O–H groups in total. The van der Waals surface area contributed by atoms with Crippen LogP contribution >= 0.6 is 0 Å². The summed E-state index contributed by atoms with van der Waals surface area (Å²) in [5, 5.41) is 11.8. The van der Waals surface area contributed by atoms with Gasteiger partial charge in [0.1, 0.15) is 0 Å². The number of nitrogens with zero attached hydrogens (tertiary/aromatic N) is 1. The van der Waals surface area contributed by atoms with Crippen molar-refractivity contribution in [2.24, 2.45) is 11.8 Å². The fourth-order valence-electron chi connectivity index (χ4n) is 2.04. The molecule has 0 heterocycles. The highest BCUT2D eigenvalue weighted by molar-refractivity contribution is 5.73. The first-order chi connectivity index (χ1) is 6.54. The van der Waals surface area contributed by atoms with E-state index in [9.17, 15) is 4.79 Å². The van der Waals surface area contributed by atoms with E-state index in [1.54, 1.807) is 0 Å². The zero-order valence-corrected chi connectivity index (χ0v) is 8.87. The monoisotopic (exact) mass is 192 g/mol. The van der Waals surface area contributed by atoms with E-state index >= 15 is 0 Å². The Balaban J connectivity index is 2.83. The second-order valence-electron chi connectivity index (χ2n) is 4.04. The topological polar surface area (TPSA) is 52.9 Å². The molecule has 0 saturated heterocycles. The predicted molar refractivity (Wildman–Crippen MR) is 54.2 cm³/mol. The van der Waals surface area contributed by atoms with Crippen LogP contribution in [-0.4, -0.2) is 11.9 Å². The van der Waals surface area contributed by atoms with Gasteiger partial charge in [0.25, 0.3) is 0 Å². The van der Waals surface area contributed by atoms with E-state index in [4.69, 9.17) is 5.26 Å². The highest BCUT2D eigenvalue weighted by Crippen LogP contribution is 2.27. The molecule has 3 atom stereocenters. The minimum atomic E-state index is -0.0892. The van der Waals surface area contributed by atoms with Gasteiger partial charge in [-0.2, -0.15) is 5.26 Å². The van der Waals surface area contributed by atoms with Crippen LogP contribution in [0.1, 0.15) is 27.2 Å². The number of nitriles is 1. The molecule has 1 rings (SSSR count). The molecule has 1 amide bonds. The smallest absolute Gasteiger partial charge is 0.217 e. The Morgan fingerprint density at radius 3 is 2.86 bits per heavy atom. The molecule has 14 heavy (non-hydrogen) atoms. The largest absolute Gasteiger partial charge is 0.349 e. The van der Waals surface area contributed by atoms with Crippen LogP contribution in [0.4, 0.5) is 0 Å². The van der Waals surface area contributed by atoms with Gasteiger partial charge in [-0.15, -0.1) is 0 Å². The number of carbonyl (C=O) groups is 1. The van der Waals surface area contributed by atoms with Crippen molar-refractivity contribution >= 4 is 5.91 Å². The van der Waals surface area contributed by atoms with Gasteiger partial charge in [0.15, 0.2) is 0 Å². The van der Waals surface area contributed by atoms with Gasteiger partial charge in [0.2, 0.25) is 5.91 Å². The molecule has 0 aromatic rings. The Morgan fingerprint density at radius 1 is 1.71 bits per heavy atom. The molecule has 0 spiro atoms. The van der Waals surface area contributed by atoms with Crippen molar-refractivity contribution in [3.05, 3.63) is 11.6 Å². The first-order valence-electron chi connectivity index (χ1n) is 4.89. The summed E-state index contributed by atoms with van der Waals surface area (Å²) in [7, 11) is 0. The number of carbonyl (C=O) groups excluding carboxylic acids is 1. The second kappa shape index (κ2) is 4.28. The number of nitrogens with one attached hydrogen (secondary N) is 1. The first-order valence-corrected chi connectivity index (χ1v) is 4.89. The highest BCUT2D eigenvalue weighted by Gasteiger charge is 2.28. The molecule has 0 aliphatic heterocycles. The van der Waals surface area contributed by atoms with Crippen LogP contribution in [0.2, 0.25) is 0 Å². The minimum Gasteiger partial charge on any atom is -0.349 e. The molecule has 0 radical (unpaired) electrons. The van der Waals surface area contributed by atoms with E-state index in [-0.39, 0.29) is 17.9 Å². The van der Waals surface area contributed by atoms with Crippen LogP contribution < -0.4 is 5.32 Å². The quantitative estimate of drug-likeness (QED) is 0.642. The Hall–Kier alpha value is -1.30. The van der Waals surface area contributed by atoms with Gasteiger partial charge in [-0.1, -0.05) is 18.6 Å². The number of hydrogen-bond acceptors (Lipinski definition) is 2. The fraction of sp³-hybridized carbons (Fsp3) is 0.636. The van der Waals surface area contributed by atoms with Crippen molar-refractivity contribution < 1.29 is 4.79 Å². The van der Waals surface area contributed by atoms with Gasteiger partial charge in [-0.3, -0.25) is 4.79 Å². The molecule has 3 nitrogen and oxygen atoms in total. The molecule has 0 fully saturated rings. The lowest BCUT2D eigenvalue weighted by atomic mass is 9.80. The van der Waals surface area contributed by atoms with Gasteiger partial charge in [0, 0.05) is 6.92 Å². The number of hydrogen-bond donors (Lipinski definition) is 1. The van der Waals surface area contributed by atoms with Crippen molar-refractivity contribution in [3.8, 4) is 6.07 Å². The van der Waals surface area contributed by atoms with Gasteiger partial charge in [-0.25, -0.2) is 0 Å². The number of rotatable bonds is 1. The minimum absolute atomic E-state index is 0.0717. The normalized spacial score (nSPS) is 31.6. The molecule has 1 aliphatic carbocycles. The summed E-state index contributed by atoms with van der Waals surface area (Å²) in [5.74, 6) is 0.279. The summed E-state index contributed by atoms with van der Waals surface area (Å²) in [6.45, 7) is 5.55. The lowest BCUT2D eigenvalue weighted by molar-refractivity contribution is -0.119. The van der Waals surface area contributed by atoms with Gasteiger partial charge < -0.3 is 5.32 Å². The summed E-state index contributed by atoms with van der Waals surface area (Å²) in [4.78, 5) is 11.0. The summed E-state index contributed by atoms with van der Waals surface area (Å²) >= 11 is 0. The molecular formula is C11H16N2O. The molecule has 76 valence electrons. The second-order valence-corrected chi connectivity index (χ2v) is 4.04. The molecule has 1 aliphatic rings. The first kappa shape index (κ1) is 10.8. The zero-order chi connectivity index (χ0) is 10.7. The van der Waals surface area contributed by atoms with Gasteiger partial charge >= 0.3 is 0 Å². The van der Waals surface area contributed by atoms with E-state index in [1.165, 1.54) is 6.92 Å². The van der Waals surface area contributed by atoms with Crippen LogP contribution in [0.15, 0.2) is 11.6 Å². The van der Waals surface area contributed by atoms with Crippen molar-refractivity contribution in [1.82, 2.24) is 5.32 Å². The van der Waals surface area contributed by atoms with Crippen LogP contribution in [0.3, 0.4) is 0 Å². The molecular weight excluding hydrogens is 176 g/mol. The third-order valence-electron chi connectivity index (χ3n) is 2.59. The summed E-state index contributed by atoms with van der Waals surface area (Å²) in [6.07, 6.45) is 2.97. The lowest BCUT2D eigenvalue weighted by Gasteiger charge is -2.30. The van der Waals surface area contributed by atoms with E-state index in [2.05, 4.69) is 24.4 Å². The van der Waals surface area contributed by atoms with Gasteiger partial charge in [0.05, 0.1) is 18.0 Å². The van der Waals surface area contributed by atoms with Crippen LogP contribution in [0, 0.1) is 23.2 Å². The average Bonchev–Trinajstić information content (AvgIpc) is 2.08. The van der Waals surface area contributed by atoms with Crippen molar-refractivity contribution in [2.75, 3.05) is 0 Å². The van der Waals surface area contributed by atoms with E-state index in [1.807, 2.05) is 6.92 Å². The zero-order valence-electron chi connectivity index (χ0n) is 8.87. The number of amides is 1. The maximum Gasteiger partial charge on any atom is 0.217 e. The van der Waals surface area contributed by atoms with Crippen molar-refractivity contribution in [3.63, 3.8) is 0 Å². The van der Waals surface area contributed by atoms with Crippen LogP contribution in [0.25, 0.3) is 0 Å². The Morgan fingerprint density at radius 2 is 2.36 bits per heavy atom. The average molecular weight is 192 g/mol. The Bertz CT molecular complexity index is 301. The summed E-state index contributed by atoms with van der Waals surface area (Å²) in [5.41, 5.74) is 1.10. The van der Waals surface area contributed by atoms with E-state index < -0.39 is 0 Å². The third-order valence-corrected chi connectivity index (χ3v) is 2.59. The van der Waals surface area contributed by atoms with Crippen LogP contribution in [0.5, 0.6) is 0 Å². The highest BCUT2D eigenvalue weighted by atomic mass is 16.1. The van der Waals surface area contributed by atoms with Crippen LogP contribution in [-0.2, 0) is 4.79 Å². The van der Waals surface area contributed by atoms with E-state index in [0.717, 1.165) is 12.0 Å². The van der Waals surface area contributed by atoms with E-state index in [0.29, 0.717) is 5.92 Å². The van der Waals surface area contributed by atoms with Gasteiger partial charge in [-0.05, 0) is 19.3 Å². The Labute approximate surface area is 84.8 Å². The number of allylic oxidation sites excluding steroid dienone is 1. The Kier molecular flexibility index (Phi) is 3.29. The van der Waals surface area contributed by atoms with Crippen molar-refractivity contribution in [1.29, 1.82) is 5.26 Å². The molecule has 0 unspecified atom stereocenters. The predicted octanol–water partition coefficient (Wildman–Crippen LogP) is 1.62. The summed E-state index contributed by atoms with van der Waals surface area (Å²) < 4.78 is 0. The maximum atomic E-state index is 11.0. The molecule has 3 heteroatoms. The molecule has 0 bridgehead atoms. The molecule has 0 aromatic heterocycles. The summed E-state index contributed by atoms with van der Waals surface area (Å²) in [6, 6.07) is 2.18. The fourth-order valence-corrected chi connectivity index (χ4v) is 2.04. The SMILES string of the molecule is CC(=O)N[C@H]1C(C)=C[C@@H](C)C[C@H]1C#N. The molecule has 0 aromatic carbocycles.